The van der Waals surface area contributed by atoms with Crippen LogP contribution in [0.25, 0.3) is 0 Å². The predicted molar refractivity (Wildman–Crippen MR) is 51.9 cm³/mol. The lowest BCUT2D eigenvalue weighted by Gasteiger charge is -2.12. The maximum Gasteiger partial charge on any atom is 0.417 e. The number of carbonyl (C=O) groups is 2. The molecular formula is C9H5ClF3NO3. The Morgan fingerprint density at radius 2 is 1.76 bits per heavy atom. The number of halogens is 4. The van der Waals surface area contributed by atoms with Gasteiger partial charge in [0, 0.05) is 0 Å². The van der Waals surface area contributed by atoms with E-state index in [1.165, 1.54) is 0 Å². The Hall–Kier alpha value is -1.76. The van der Waals surface area contributed by atoms with Gasteiger partial charge in [0.05, 0.1) is 21.7 Å². The molecule has 92 valence electrons. The molecule has 1 aromatic rings. The van der Waals surface area contributed by atoms with Gasteiger partial charge in [0.15, 0.2) is 0 Å². The number of benzene rings is 1. The van der Waals surface area contributed by atoms with Crippen molar-refractivity contribution in [3.8, 4) is 0 Å². The van der Waals surface area contributed by atoms with Gasteiger partial charge in [-0.3, -0.25) is 4.79 Å². The van der Waals surface area contributed by atoms with Gasteiger partial charge in [-0.2, -0.15) is 13.2 Å². The van der Waals surface area contributed by atoms with Gasteiger partial charge in [-0.05, 0) is 12.1 Å². The van der Waals surface area contributed by atoms with E-state index in [1.54, 1.807) is 0 Å². The molecule has 1 rings (SSSR count). The monoisotopic (exact) mass is 267 g/mol. The molecule has 1 aromatic carbocycles. The number of aromatic carboxylic acids is 1. The Morgan fingerprint density at radius 1 is 1.24 bits per heavy atom. The Bertz CT molecular complexity index is 499. The third-order valence-corrected chi connectivity index (χ3v) is 2.22. The molecule has 0 aliphatic heterocycles. The van der Waals surface area contributed by atoms with Crippen LogP contribution in [0.5, 0.6) is 0 Å². The standard InChI is InChI=1S/C9H5ClF3NO3/c10-6-2-3(8(16)17)5(9(11,12)13)1-4(6)7(14)15/h1-2H,(H2,14,15)(H,16,17). The number of carboxylic acid groups (broad SMARTS) is 1. The topological polar surface area (TPSA) is 80.4 Å². The van der Waals surface area contributed by atoms with Crippen LogP contribution in [-0.4, -0.2) is 17.0 Å². The van der Waals surface area contributed by atoms with Gasteiger partial charge in [0.1, 0.15) is 0 Å². The summed E-state index contributed by atoms with van der Waals surface area (Å²) in [5.74, 6) is -2.97. The number of alkyl halides is 3. The molecule has 0 atom stereocenters. The van der Waals surface area contributed by atoms with Crippen molar-refractivity contribution in [2.24, 2.45) is 5.73 Å². The van der Waals surface area contributed by atoms with Gasteiger partial charge >= 0.3 is 12.1 Å². The molecule has 1 amide bonds. The second-order valence-corrected chi connectivity index (χ2v) is 3.45. The first-order chi connectivity index (χ1) is 7.64. The summed E-state index contributed by atoms with van der Waals surface area (Å²) in [5, 5.41) is 8.17. The second kappa shape index (κ2) is 4.25. The largest absolute Gasteiger partial charge is 0.478 e. The highest BCUT2D eigenvalue weighted by Crippen LogP contribution is 2.35. The molecule has 4 nitrogen and oxygen atoms in total. The van der Waals surface area contributed by atoms with Crippen molar-refractivity contribution in [2.75, 3.05) is 0 Å². The summed E-state index contributed by atoms with van der Waals surface area (Å²) in [7, 11) is 0. The summed E-state index contributed by atoms with van der Waals surface area (Å²) in [6.07, 6.45) is -4.91. The van der Waals surface area contributed by atoms with Crippen LogP contribution >= 0.6 is 11.6 Å². The number of rotatable bonds is 2. The highest BCUT2D eigenvalue weighted by Gasteiger charge is 2.36. The SMILES string of the molecule is NC(=O)c1cc(C(F)(F)F)c(C(=O)O)cc1Cl. The van der Waals surface area contributed by atoms with Crippen molar-refractivity contribution in [3.63, 3.8) is 0 Å². The average molecular weight is 268 g/mol. The zero-order valence-corrected chi connectivity index (χ0v) is 8.76. The minimum Gasteiger partial charge on any atom is -0.478 e. The van der Waals surface area contributed by atoms with Crippen molar-refractivity contribution in [3.05, 3.63) is 33.8 Å². The molecule has 3 N–H and O–H groups in total. The van der Waals surface area contributed by atoms with E-state index < -0.39 is 39.8 Å². The molecule has 0 radical (unpaired) electrons. The zero-order chi connectivity index (χ0) is 13.4. The first-order valence-corrected chi connectivity index (χ1v) is 4.46. The van der Waals surface area contributed by atoms with E-state index in [1.807, 2.05) is 0 Å². The highest BCUT2D eigenvalue weighted by molar-refractivity contribution is 6.34. The molecule has 0 aliphatic carbocycles. The number of nitrogens with two attached hydrogens (primary N) is 1. The van der Waals surface area contributed by atoms with Crippen molar-refractivity contribution in [1.82, 2.24) is 0 Å². The zero-order valence-electron chi connectivity index (χ0n) is 8.01. The molecule has 8 heteroatoms. The normalized spacial score (nSPS) is 11.3. The van der Waals surface area contributed by atoms with Gasteiger partial charge in [-0.25, -0.2) is 4.79 Å². The summed E-state index contributed by atoms with van der Waals surface area (Å²) in [6, 6.07) is 0.876. The van der Waals surface area contributed by atoms with E-state index in [-0.39, 0.29) is 0 Å². The van der Waals surface area contributed by atoms with Crippen molar-refractivity contribution >= 4 is 23.5 Å². The minimum absolute atomic E-state index is 0.327. The summed E-state index contributed by atoms with van der Waals surface area (Å²) < 4.78 is 37.6. The molecule has 0 saturated carbocycles. The van der Waals surface area contributed by atoms with Gasteiger partial charge < -0.3 is 10.8 Å². The van der Waals surface area contributed by atoms with Gasteiger partial charge in [-0.1, -0.05) is 11.6 Å². The van der Waals surface area contributed by atoms with E-state index >= 15 is 0 Å². The van der Waals surface area contributed by atoms with Crippen LogP contribution in [-0.2, 0) is 6.18 Å². The lowest BCUT2D eigenvalue weighted by molar-refractivity contribution is -0.138. The molecule has 0 saturated heterocycles. The number of amides is 1. The van der Waals surface area contributed by atoms with Crippen LogP contribution in [0.3, 0.4) is 0 Å². The number of hydrogen-bond acceptors (Lipinski definition) is 2. The number of primary amides is 1. The first-order valence-electron chi connectivity index (χ1n) is 4.08. The molecule has 0 aliphatic rings. The number of hydrogen-bond donors (Lipinski definition) is 2. The average Bonchev–Trinajstić information content (AvgIpc) is 2.14. The second-order valence-electron chi connectivity index (χ2n) is 3.04. The minimum atomic E-state index is -4.91. The Balaban J connectivity index is 3.60. The van der Waals surface area contributed by atoms with E-state index in [2.05, 4.69) is 0 Å². The Morgan fingerprint density at radius 3 is 2.12 bits per heavy atom. The van der Waals surface area contributed by atoms with Crippen molar-refractivity contribution < 1.29 is 27.9 Å². The summed E-state index contributed by atoms with van der Waals surface area (Å²) in [4.78, 5) is 21.4. The van der Waals surface area contributed by atoms with Crippen LogP contribution in [0.1, 0.15) is 26.3 Å². The van der Waals surface area contributed by atoms with Crippen LogP contribution in [0.4, 0.5) is 13.2 Å². The molecular weight excluding hydrogens is 263 g/mol. The molecule has 0 heterocycles. The van der Waals surface area contributed by atoms with Gasteiger partial charge in [-0.15, -0.1) is 0 Å². The van der Waals surface area contributed by atoms with E-state index in [4.69, 9.17) is 22.4 Å². The quantitative estimate of drug-likeness (QED) is 0.861. The van der Waals surface area contributed by atoms with Crippen LogP contribution in [0.2, 0.25) is 5.02 Å². The van der Waals surface area contributed by atoms with E-state index in [0.29, 0.717) is 12.1 Å². The summed E-state index contributed by atoms with van der Waals surface area (Å²) >= 11 is 5.46. The van der Waals surface area contributed by atoms with Crippen LogP contribution in [0.15, 0.2) is 12.1 Å². The highest BCUT2D eigenvalue weighted by atomic mass is 35.5. The third-order valence-electron chi connectivity index (χ3n) is 1.91. The molecule has 0 spiro atoms. The van der Waals surface area contributed by atoms with Crippen LogP contribution in [0, 0.1) is 0 Å². The number of carbonyl (C=O) groups excluding carboxylic acids is 1. The molecule has 17 heavy (non-hydrogen) atoms. The van der Waals surface area contributed by atoms with E-state index in [0.717, 1.165) is 0 Å². The van der Waals surface area contributed by atoms with E-state index in [9.17, 15) is 22.8 Å². The maximum absolute atomic E-state index is 12.5. The predicted octanol–water partition coefficient (Wildman–Crippen LogP) is 2.16. The third kappa shape index (κ3) is 2.68. The Labute approximate surface area is 97.8 Å². The smallest absolute Gasteiger partial charge is 0.417 e. The molecule has 0 bridgehead atoms. The first kappa shape index (κ1) is 13.3. The number of carboxylic acids is 1. The van der Waals surface area contributed by atoms with Crippen molar-refractivity contribution in [2.45, 2.75) is 6.18 Å². The lowest BCUT2D eigenvalue weighted by atomic mass is 10.0. The molecule has 0 fully saturated rings. The molecule has 0 unspecified atom stereocenters. The van der Waals surface area contributed by atoms with Crippen LogP contribution < -0.4 is 5.73 Å². The fraction of sp³-hybridized carbons (Fsp3) is 0.111. The summed E-state index contributed by atoms with van der Waals surface area (Å²) in [5.41, 5.74) is 1.73. The fourth-order valence-corrected chi connectivity index (χ4v) is 1.43. The van der Waals surface area contributed by atoms with Crippen molar-refractivity contribution in [1.29, 1.82) is 0 Å². The van der Waals surface area contributed by atoms with Gasteiger partial charge in [0.2, 0.25) is 5.91 Å². The molecule has 0 aromatic heterocycles. The Kier molecular flexibility index (Phi) is 3.33. The van der Waals surface area contributed by atoms with Gasteiger partial charge in [0.25, 0.3) is 0 Å². The summed E-state index contributed by atoms with van der Waals surface area (Å²) in [6.45, 7) is 0. The maximum atomic E-state index is 12.5. The fourth-order valence-electron chi connectivity index (χ4n) is 1.17. The lowest BCUT2D eigenvalue weighted by Crippen LogP contribution is -2.18.